The van der Waals surface area contributed by atoms with E-state index < -0.39 is 0 Å². The quantitative estimate of drug-likeness (QED) is 0.723. The van der Waals surface area contributed by atoms with E-state index in [0.29, 0.717) is 33.5 Å². The molecule has 2 aliphatic rings. The first-order valence-corrected chi connectivity index (χ1v) is 7.52. The summed E-state index contributed by atoms with van der Waals surface area (Å²) in [6, 6.07) is 0. The standard InChI is InChI=1S/C14H26O2S/c1-13(2,3)11(9-7-15-9)17-12(10-8-16-10)14(4,5)6/h9-12H,7-8H2,1-6H3. The molecule has 4 atom stereocenters. The van der Waals surface area contributed by atoms with Crippen molar-refractivity contribution in [3.8, 4) is 0 Å². The normalized spacial score (nSPS) is 32.1. The highest BCUT2D eigenvalue weighted by atomic mass is 32.2. The fraction of sp³-hybridized carbons (Fsp3) is 1.00. The SMILES string of the molecule is CC(C)(C)C(SC(C1CO1)C(C)(C)C)C1CO1. The Hall–Kier alpha value is 0.270. The first-order valence-electron chi connectivity index (χ1n) is 6.58. The average Bonchev–Trinajstić information content (AvgIpc) is 2.94. The molecule has 0 radical (unpaired) electrons. The summed E-state index contributed by atoms with van der Waals surface area (Å²) in [5.41, 5.74) is 0.592. The van der Waals surface area contributed by atoms with Crippen LogP contribution in [-0.4, -0.2) is 35.9 Å². The molecule has 100 valence electrons. The van der Waals surface area contributed by atoms with Crippen LogP contribution in [0.4, 0.5) is 0 Å². The lowest BCUT2D eigenvalue weighted by Gasteiger charge is -2.37. The van der Waals surface area contributed by atoms with Crippen molar-refractivity contribution in [2.45, 2.75) is 64.3 Å². The van der Waals surface area contributed by atoms with Crippen LogP contribution >= 0.6 is 11.8 Å². The highest BCUT2D eigenvalue weighted by Crippen LogP contribution is 2.47. The summed E-state index contributed by atoms with van der Waals surface area (Å²) in [5, 5.41) is 1.16. The van der Waals surface area contributed by atoms with Gasteiger partial charge in [-0.25, -0.2) is 0 Å². The van der Waals surface area contributed by atoms with Gasteiger partial charge in [0, 0.05) is 10.5 Å². The Morgan fingerprint density at radius 2 is 1.12 bits per heavy atom. The molecule has 0 amide bonds. The highest BCUT2D eigenvalue weighted by Gasteiger charge is 2.48. The van der Waals surface area contributed by atoms with E-state index in [-0.39, 0.29) is 0 Å². The van der Waals surface area contributed by atoms with Crippen LogP contribution in [-0.2, 0) is 9.47 Å². The largest absolute Gasteiger partial charge is 0.372 e. The minimum atomic E-state index is 0.296. The van der Waals surface area contributed by atoms with E-state index in [1.165, 1.54) is 0 Å². The molecule has 0 saturated carbocycles. The van der Waals surface area contributed by atoms with Crippen LogP contribution in [0.2, 0.25) is 0 Å². The molecule has 2 rings (SSSR count). The van der Waals surface area contributed by atoms with Crippen LogP contribution in [0, 0.1) is 10.8 Å². The molecule has 0 aromatic rings. The molecular formula is C14H26O2S. The van der Waals surface area contributed by atoms with Gasteiger partial charge < -0.3 is 9.47 Å². The lowest BCUT2D eigenvalue weighted by Crippen LogP contribution is -2.37. The first-order chi connectivity index (χ1) is 7.69. The monoisotopic (exact) mass is 258 g/mol. The molecule has 0 bridgehead atoms. The summed E-state index contributed by atoms with van der Waals surface area (Å²) >= 11 is 2.09. The lowest BCUT2D eigenvalue weighted by molar-refractivity contribution is 0.293. The lowest BCUT2D eigenvalue weighted by atomic mass is 9.89. The van der Waals surface area contributed by atoms with E-state index >= 15 is 0 Å². The zero-order valence-electron chi connectivity index (χ0n) is 11.9. The topological polar surface area (TPSA) is 25.1 Å². The summed E-state index contributed by atoms with van der Waals surface area (Å²) in [6.45, 7) is 15.8. The van der Waals surface area contributed by atoms with Crippen molar-refractivity contribution < 1.29 is 9.47 Å². The molecule has 0 spiro atoms. The summed E-state index contributed by atoms with van der Waals surface area (Å²) in [7, 11) is 0. The highest BCUT2D eigenvalue weighted by molar-refractivity contribution is 8.00. The molecular weight excluding hydrogens is 232 g/mol. The number of ether oxygens (including phenoxy) is 2. The van der Waals surface area contributed by atoms with Gasteiger partial charge in [-0.3, -0.25) is 0 Å². The summed E-state index contributed by atoms with van der Waals surface area (Å²) in [6.07, 6.45) is 0.923. The number of rotatable bonds is 4. The van der Waals surface area contributed by atoms with Gasteiger partial charge in [-0.15, -0.1) is 11.8 Å². The van der Waals surface area contributed by atoms with Crippen LogP contribution in [0.25, 0.3) is 0 Å². The van der Waals surface area contributed by atoms with Gasteiger partial charge in [-0.1, -0.05) is 41.5 Å². The summed E-state index contributed by atoms with van der Waals surface area (Å²) in [5.74, 6) is 0. The van der Waals surface area contributed by atoms with Crippen molar-refractivity contribution in [1.82, 2.24) is 0 Å². The van der Waals surface area contributed by atoms with Gasteiger partial charge in [0.2, 0.25) is 0 Å². The Kier molecular flexibility index (Phi) is 3.57. The second-order valence-corrected chi connectivity index (χ2v) is 8.74. The third-order valence-electron chi connectivity index (χ3n) is 3.39. The van der Waals surface area contributed by atoms with Crippen LogP contribution in [0.5, 0.6) is 0 Å². The zero-order chi connectivity index (χ0) is 12.8. The molecule has 2 heterocycles. The Balaban J connectivity index is 2.04. The summed E-state index contributed by atoms with van der Waals surface area (Å²) < 4.78 is 11.1. The molecule has 2 saturated heterocycles. The number of thioether (sulfide) groups is 1. The van der Waals surface area contributed by atoms with Gasteiger partial charge in [0.1, 0.15) is 0 Å². The maximum atomic E-state index is 5.55. The third-order valence-corrected chi connectivity index (χ3v) is 6.00. The van der Waals surface area contributed by atoms with E-state index in [0.717, 1.165) is 13.2 Å². The van der Waals surface area contributed by atoms with Gasteiger partial charge in [-0.05, 0) is 10.8 Å². The Labute approximate surface area is 110 Å². The van der Waals surface area contributed by atoms with Gasteiger partial charge in [0.05, 0.1) is 25.4 Å². The first kappa shape index (κ1) is 13.7. The van der Waals surface area contributed by atoms with Crippen LogP contribution in [0.15, 0.2) is 0 Å². The maximum absolute atomic E-state index is 5.55. The van der Waals surface area contributed by atoms with Gasteiger partial charge >= 0.3 is 0 Å². The van der Waals surface area contributed by atoms with E-state index in [4.69, 9.17) is 9.47 Å². The Morgan fingerprint density at radius 3 is 1.29 bits per heavy atom. The van der Waals surface area contributed by atoms with Crippen molar-refractivity contribution in [3.63, 3.8) is 0 Å². The van der Waals surface area contributed by atoms with Crippen molar-refractivity contribution in [3.05, 3.63) is 0 Å². The molecule has 17 heavy (non-hydrogen) atoms. The predicted molar refractivity (Wildman–Crippen MR) is 73.6 cm³/mol. The number of hydrogen-bond acceptors (Lipinski definition) is 3. The molecule has 0 N–H and O–H groups in total. The predicted octanol–water partition coefficient (Wildman–Crippen LogP) is 3.35. The number of hydrogen-bond donors (Lipinski definition) is 0. The minimum absolute atomic E-state index is 0.296. The minimum Gasteiger partial charge on any atom is -0.372 e. The van der Waals surface area contributed by atoms with E-state index in [2.05, 4.69) is 53.3 Å². The van der Waals surface area contributed by atoms with Gasteiger partial charge in [-0.2, -0.15) is 0 Å². The fourth-order valence-electron chi connectivity index (χ4n) is 2.32. The van der Waals surface area contributed by atoms with Crippen molar-refractivity contribution in [2.24, 2.45) is 10.8 Å². The maximum Gasteiger partial charge on any atom is 0.0933 e. The molecule has 0 aromatic heterocycles. The van der Waals surface area contributed by atoms with E-state index in [1.807, 2.05) is 0 Å². The summed E-state index contributed by atoms with van der Waals surface area (Å²) in [4.78, 5) is 0. The molecule has 2 fully saturated rings. The molecule has 4 unspecified atom stereocenters. The fourth-order valence-corrected chi connectivity index (χ4v) is 4.11. The van der Waals surface area contributed by atoms with E-state index in [9.17, 15) is 0 Å². The third kappa shape index (κ3) is 3.62. The van der Waals surface area contributed by atoms with Crippen LogP contribution in [0.1, 0.15) is 41.5 Å². The smallest absolute Gasteiger partial charge is 0.0933 e. The average molecular weight is 258 g/mol. The van der Waals surface area contributed by atoms with Crippen LogP contribution in [0.3, 0.4) is 0 Å². The van der Waals surface area contributed by atoms with Gasteiger partial charge in [0.25, 0.3) is 0 Å². The molecule has 3 heteroatoms. The van der Waals surface area contributed by atoms with Crippen molar-refractivity contribution >= 4 is 11.8 Å². The van der Waals surface area contributed by atoms with Crippen LogP contribution < -0.4 is 0 Å². The second kappa shape index (κ2) is 4.43. The zero-order valence-corrected chi connectivity index (χ0v) is 12.8. The van der Waals surface area contributed by atoms with Gasteiger partial charge in [0.15, 0.2) is 0 Å². The van der Waals surface area contributed by atoms with Crippen molar-refractivity contribution in [2.75, 3.05) is 13.2 Å². The molecule has 2 nitrogen and oxygen atoms in total. The Bertz CT molecular complexity index is 241. The van der Waals surface area contributed by atoms with E-state index in [1.54, 1.807) is 0 Å². The molecule has 0 aromatic carbocycles. The number of epoxide rings is 2. The molecule has 2 aliphatic heterocycles. The second-order valence-electron chi connectivity index (χ2n) is 7.45. The molecule has 0 aliphatic carbocycles. The Morgan fingerprint density at radius 1 is 0.824 bits per heavy atom. The van der Waals surface area contributed by atoms with Crippen molar-refractivity contribution in [1.29, 1.82) is 0 Å².